The van der Waals surface area contributed by atoms with Crippen molar-refractivity contribution in [1.82, 2.24) is 0 Å². The monoisotopic (exact) mass is 276 g/mol. The van der Waals surface area contributed by atoms with Gasteiger partial charge >= 0.3 is 13.6 Å². The smallest absolute Gasteiger partial charge is 0.333 e. The van der Waals surface area contributed by atoms with Gasteiger partial charge in [-0.05, 0) is 19.8 Å². The summed E-state index contributed by atoms with van der Waals surface area (Å²) < 4.78 is 21.7. The van der Waals surface area contributed by atoms with E-state index in [9.17, 15) is 14.3 Å². The number of esters is 1. The average molecular weight is 276 g/mol. The Labute approximate surface area is 108 Å². The summed E-state index contributed by atoms with van der Waals surface area (Å²) in [6, 6.07) is 0. The van der Waals surface area contributed by atoms with Gasteiger partial charge in [-0.25, -0.2) is 4.79 Å². The van der Waals surface area contributed by atoms with Crippen LogP contribution >= 0.6 is 7.60 Å². The Morgan fingerprint density at radius 1 is 1.33 bits per heavy atom. The highest BCUT2D eigenvalue weighted by Crippen LogP contribution is 2.52. The maximum absolute atomic E-state index is 11.9. The number of ether oxygens (including phenoxy) is 1. The van der Waals surface area contributed by atoms with E-state index < -0.39 is 13.6 Å². The van der Waals surface area contributed by atoms with E-state index in [4.69, 9.17) is 9.26 Å². The van der Waals surface area contributed by atoms with Gasteiger partial charge < -0.3 is 14.2 Å². The summed E-state index contributed by atoms with van der Waals surface area (Å²) in [7, 11) is -3.57. The third kappa shape index (κ3) is 4.92. The number of hydrogen-bond donors (Lipinski definition) is 1. The first-order valence-corrected chi connectivity index (χ1v) is 7.88. The van der Waals surface area contributed by atoms with Crippen molar-refractivity contribution in [3.8, 4) is 0 Å². The molecule has 18 heavy (non-hydrogen) atoms. The van der Waals surface area contributed by atoms with Crippen molar-refractivity contribution in [1.29, 1.82) is 0 Å². The molecular formula is C12H21O5P. The van der Waals surface area contributed by atoms with E-state index in [-0.39, 0.29) is 18.9 Å². The van der Waals surface area contributed by atoms with Crippen LogP contribution in [0.15, 0.2) is 12.2 Å². The Balaban J connectivity index is 2.26. The Morgan fingerprint density at radius 3 is 2.50 bits per heavy atom. The van der Waals surface area contributed by atoms with Gasteiger partial charge in [0.1, 0.15) is 6.61 Å². The van der Waals surface area contributed by atoms with Gasteiger partial charge in [-0.1, -0.05) is 25.8 Å². The molecule has 0 saturated heterocycles. The van der Waals surface area contributed by atoms with E-state index in [2.05, 4.69) is 6.58 Å². The molecule has 1 rings (SSSR count). The quantitative estimate of drug-likeness (QED) is 0.349. The highest BCUT2D eigenvalue weighted by atomic mass is 31.2. The van der Waals surface area contributed by atoms with Gasteiger partial charge in [0.15, 0.2) is 0 Å². The van der Waals surface area contributed by atoms with Crippen molar-refractivity contribution in [2.75, 3.05) is 13.2 Å². The first kappa shape index (κ1) is 15.4. The molecule has 0 aliphatic heterocycles. The summed E-state index contributed by atoms with van der Waals surface area (Å²) in [5, 5.41) is 0. The fourth-order valence-corrected chi connectivity index (χ4v) is 3.50. The van der Waals surface area contributed by atoms with Crippen LogP contribution in [0.25, 0.3) is 0 Å². The van der Waals surface area contributed by atoms with Crippen LogP contribution in [0.5, 0.6) is 0 Å². The third-order valence-corrected chi connectivity index (χ3v) is 4.97. The van der Waals surface area contributed by atoms with Crippen LogP contribution in [-0.2, 0) is 18.6 Å². The van der Waals surface area contributed by atoms with Crippen molar-refractivity contribution in [2.24, 2.45) is 0 Å². The van der Waals surface area contributed by atoms with Crippen LogP contribution in [0.2, 0.25) is 0 Å². The normalized spacial score (nSPS) is 20.1. The summed E-state index contributed by atoms with van der Waals surface area (Å²) in [5.41, 5.74) is 0.0394. The van der Waals surface area contributed by atoms with E-state index in [1.165, 1.54) is 0 Å². The topological polar surface area (TPSA) is 72.8 Å². The van der Waals surface area contributed by atoms with Crippen LogP contribution in [0, 0.1) is 0 Å². The first-order chi connectivity index (χ1) is 8.43. The summed E-state index contributed by atoms with van der Waals surface area (Å²) >= 11 is 0. The van der Waals surface area contributed by atoms with E-state index in [1.807, 2.05) is 0 Å². The fourth-order valence-electron chi connectivity index (χ4n) is 1.94. The molecule has 1 aliphatic rings. The van der Waals surface area contributed by atoms with E-state index in [1.54, 1.807) is 6.92 Å². The Morgan fingerprint density at radius 2 is 1.94 bits per heavy atom. The minimum atomic E-state index is -3.57. The van der Waals surface area contributed by atoms with Gasteiger partial charge in [0.25, 0.3) is 0 Å². The van der Waals surface area contributed by atoms with Gasteiger partial charge in [-0.2, -0.15) is 0 Å². The zero-order valence-electron chi connectivity index (χ0n) is 10.8. The van der Waals surface area contributed by atoms with Gasteiger partial charge in [-0.3, -0.25) is 4.57 Å². The summed E-state index contributed by atoms with van der Waals surface area (Å²) in [4.78, 5) is 20.8. The van der Waals surface area contributed by atoms with Crippen molar-refractivity contribution in [2.45, 2.75) is 44.7 Å². The highest BCUT2D eigenvalue weighted by molar-refractivity contribution is 7.53. The second kappa shape index (κ2) is 7.07. The molecule has 0 spiro atoms. The number of hydrogen-bond acceptors (Lipinski definition) is 4. The lowest BCUT2D eigenvalue weighted by molar-refractivity contribution is -0.139. The van der Waals surface area contributed by atoms with E-state index in [0.717, 1.165) is 32.1 Å². The van der Waals surface area contributed by atoms with E-state index >= 15 is 0 Å². The van der Waals surface area contributed by atoms with Crippen LogP contribution < -0.4 is 0 Å². The molecule has 0 radical (unpaired) electrons. The minimum Gasteiger partial charge on any atom is -0.460 e. The van der Waals surface area contributed by atoms with Gasteiger partial charge in [0, 0.05) is 5.57 Å². The molecule has 104 valence electrons. The molecular weight excluding hydrogens is 255 g/mol. The third-order valence-electron chi connectivity index (χ3n) is 2.98. The summed E-state index contributed by atoms with van der Waals surface area (Å²) in [6.07, 6.45) is 4.54. The lowest BCUT2D eigenvalue weighted by Gasteiger charge is -2.25. The van der Waals surface area contributed by atoms with Gasteiger partial charge in [-0.15, -0.1) is 0 Å². The molecule has 6 heteroatoms. The molecule has 1 unspecified atom stereocenters. The lowest BCUT2D eigenvalue weighted by atomic mass is 10.0. The molecule has 1 aliphatic carbocycles. The number of carbonyl (C=O) groups is 1. The Hall–Kier alpha value is -0.640. The van der Waals surface area contributed by atoms with Crippen molar-refractivity contribution < 1.29 is 23.5 Å². The Kier molecular flexibility index (Phi) is 6.06. The van der Waals surface area contributed by atoms with Crippen molar-refractivity contribution >= 4 is 13.6 Å². The van der Waals surface area contributed by atoms with Gasteiger partial charge in [0.2, 0.25) is 0 Å². The molecule has 1 atom stereocenters. The summed E-state index contributed by atoms with van der Waals surface area (Å²) in [6.45, 7) is 4.90. The molecule has 1 fully saturated rings. The second-order valence-corrected chi connectivity index (χ2v) is 6.72. The Bertz CT molecular complexity index is 346. The molecule has 0 bridgehead atoms. The number of carbonyl (C=O) groups excluding carboxylic acids is 1. The van der Waals surface area contributed by atoms with Crippen LogP contribution in [0.3, 0.4) is 0 Å². The highest BCUT2D eigenvalue weighted by Gasteiger charge is 2.33. The fraction of sp³-hybridized carbons (Fsp3) is 0.750. The van der Waals surface area contributed by atoms with Gasteiger partial charge in [0.05, 0.1) is 12.3 Å². The van der Waals surface area contributed by atoms with Crippen molar-refractivity contribution in [3.63, 3.8) is 0 Å². The molecule has 0 aromatic carbocycles. The maximum Gasteiger partial charge on any atom is 0.333 e. The molecule has 0 amide bonds. The SMILES string of the molecule is C=C(C)C(=O)OCCOP(=O)(O)C1CCCCC1. The standard InChI is InChI=1S/C12H21O5P/c1-10(2)12(13)16-8-9-17-18(14,15)11-6-4-3-5-7-11/h11H,1,3-9H2,2H3,(H,14,15). The average Bonchev–Trinajstić information content (AvgIpc) is 2.35. The largest absolute Gasteiger partial charge is 0.460 e. The predicted octanol–water partition coefficient (Wildman–Crippen LogP) is 2.64. The maximum atomic E-state index is 11.9. The summed E-state index contributed by atoms with van der Waals surface area (Å²) in [5.74, 6) is -0.510. The van der Waals surface area contributed by atoms with E-state index in [0.29, 0.717) is 5.57 Å². The predicted molar refractivity (Wildman–Crippen MR) is 68.4 cm³/mol. The van der Waals surface area contributed by atoms with Crippen LogP contribution in [0.4, 0.5) is 0 Å². The molecule has 1 saturated carbocycles. The van der Waals surface area contributed by atoms with Crippen LogP contribution in [-0.4, -0.2) is 29.7 Å². The molecule has 0 heterocycles. The minimum absolute atomic E-state index is 0.0248. The molecule has 5 nitrogen and oxygen atoms in total. The number of rotatable bonds is 6. The second-order valence-electron chi connectivity index (χ2n) is 4.61. The first-order valence-electron chi connectivity index (χ1n) is 6.23. The van der Waals surface area contributed by atoms with Crippen molar-refractivity contribution in [3.05, 3.63) is 12.2 Å². The molecule has 0 aromatic rings. The lowest BCUT2D eigenvalue weighted by Crippen LogP contribution is -2.17. The van der Waals surface area contributed by atoms with Crippen LogP contribution in [0.1, 0.15) is 39.0 Å². The zero-order valence-corrected chi connectivity index (χ0v) is 11.7. The molecule has 0 aromatic heterocycles. The molecule has 1 N–H and O–H groups in total. The zero-order chi connectivity index (χ0) is 13.6.